The Hall–Kier alpha value is -0.470. The Morgan fingerprint density at radius 2 is 1.92 bits per heavy atom. The van der Waals surface area contributed by atoms with Crippen molar-refractivity contribution in [2.45, 2.75) is 32.6 Å². The summed E-state index contributed by atoms with van der Waals surface area (Å²) in [7, 11) is 0. The van der Waals surface area contributed by atoms with Crippen LogP contribution in [0.2, 0.25) is 0 Å². The van der Waals surface area contributed by atoms with Crippen LogP contribution in [0.15, 0.2) is 12.2 Å². The summed E-state index contributed by atoms with van der Waals surface area (Å²) in [6, 6.07) is 0. The molecule has 0 rings (SSSR count). The number of rotatable bonds is 6. The molecule has 0 spiro atoms. The van der Waals surface area contributed by atoms with Crippen LogP contribution in [0.25, 0.3) is 0 Å². The van der Waals surface area contributed by atoms with E-state index in [-0.39, 0.29) is 6.67 Å². The number of unbranched alkanes of at least 4 members (excludes halogenated alkanes) is 1. The van der Waals surface area contributed by atoms with Gasteiger partial charge in [-0.2, -0.15) is 0 Å². The zero-order chi connectivity index (χ0) is 9.40. The molecule has 0 aromatic carbocycles. The Bertz CT molecular complexity index is 121. The highest BCUT2D eigenvalue weighted by atomic mass is 19.3. The van der Waals surface area contributed by atoms with Crippen molar-refractivity contribution in [3.05, 3.63) is 12.2 Å². The number of alkyl halides is 3. The standard InChI is InChI=1S/C9H15F3/c1-8(9(11)12)6-4-2-3-5-7-10/h2,4,8-9H,3,5-7H2,1H3. The predicted molar refractivity (Wildman–Crippen MR) is 44.1 cm³/mol. The van der Waals surface area contributed by atoms with Crippen molar-refractivity contribution in [1.82, 2.24) is 0 Å². The second-order valence-corrected chi connectivity index (χ2v) is 2.85. The largest absolute Gasteiger partial charge is 0.251 e. The molecule has 0 aromatic rings. The third kappa shape index (κ3) is 6.25. The second-order valence-electron chi connectivity index (χ2n) is 2.85. The van der Waals surface area contributed by atoms with E-state index in [4.69, 9.17) is 0 Å². The lowest BCUT2D eigenvalue weighted by Gasteiger charge is -2.05. The maximum Gasteiger partial charge on any atom is 0.241 e. The Morgan fingerprint density at radius 3 is 2.42 bits per heavy atom. The molecule has 0 N–H and O–H groups in total. The van der Waals surface area contributed by atoms with Crippen molar-refractivity contribution in [3.63, 3.8) is 0 Å². The van der Waals surface area contributed by atoms with E-state index in [1.807, 2.05) is 0 Å². The lowest BCUT2D eigenvalue weighted by Crippen LogP contribution is -2.04. The molecule has 0 saturated carbocycles. The minimum Gasteiger partial charge on any atom is -0.251 e. The summed E-state index contributed by atoms with van der Waals surface area (Å²) >= 11 is 0. The first-order chi connectivity index (χ1) is 5.68. The summed E-state index contributed by atoms with van der Waals surface area (Å²) in [6.45, 7) is 1.17. The van der Waals surface area contributed by atoms with Crippen LogP contribution in [-0.2, 0) is 0 Å². The Balaban J connectivity index is 3.33. The molecular formula is C9H15F3. The van der Waals surface area contributed by atoms with Crippen LogP contribution >= 0.6 is 0 Å². The lowest BCUT2D eigenvalue weighted by molar-refractivity contribution is 0.0878. The molecule has 0 aliphatic rings. The third-order valence-electron chi connectivity index (χ3n) is 1.61. The molecule has 3 heteroatoms. The molecule has 0 fully saturated rings. The molecule has 1 atom stereocenters. The molecule has 0 heterocycles. The summed E-state index contributed by atoms with van der Waals surface area (Å²) in [5, 5.41) is 0. The van der Waals surface area contributed by atoms with Crippen molar-refractivity contribution < 1.29 is 13.2 Å². The summed E-state index contributed by atoms with van der Waals surface area (Å²) in [5.41, 5.74) is 0. The fourth-order valence-corrected chi connectivity index (χ4v) is 0.727. The van der Waals surface area contributed by atoms with Crippen LogP contribution in [-0.4, -0.2) is 13.1 Å². The van der Waals surface area contributed by atoms with Gasteiger partial charge in [0, 0.05) is 5.92 Å². The zero-order valence-electron chi connectivity index (χ0n) is 7.27. The highest BCUT2D eigenvalue weighted by molar-refractivity contribution is 4.83. The smallest absolute Gasteiger partial charge is 0.241 e. The van der Waals surface area contributed by atoms with Gasteiger partial charge in [0.1, 0.15) is 0 Å². The van der Waals surface area contributed by atoms with Gasteiger partial charge in [-0.05, 0) is 19.3 Å². The minimum absolute atomic E-state index is 0.339. The topological polar surface area (TPSA) is 0 Å². The van der Waals surface area contributed by atoms with Gasteiger partial charge in [-0.25, -0.2) is 8.78 Å². The van der Waals surface area contributed by atoms with Gasteiger partial charge in [0.25, 0.3) is 0 Å². The maximum atomic E-state index is 11.9. The van der Waals surface area contributed by atoms with E-state index in [0.717, 1.165) is 0 Å². The summed E-state index contributed by atoms with van der Waals surface area (Å²) in [4.78, 5) is 0. The van der Waals surface area contributed by atoms with Gasteiger partial charge in [0.15, 0.2) is 0 Å². The van der Waals surface area contributed by atoms with Gasteiger partial charge in [-0.1, -0.05) is 19.1 Å². The van der Waals surface area contributed by atoms with Gasteiger partial charge in [0.2, 0.25) is 6.43 Å². The summed E-state index contributed by atoms with van der Waals surface area (Å²) in [5.74, 6) is -0.591. The number of hydrogen-bond donors (Lipinski definition) is 0. The van der Waals surface area contributed by atoms with Crippen LogP contribution in [0.4, 0.5) is 13.2 Å². The molecule has 0 amide bonds. The van der Waals surface area contributed by atoms with Gasteiger partial charge < -0.3 is 0 Å². The number of hydrogen-bond acceptors (Lipinski definition) is 0. The Labute approximate surface area is 71.5 Å². The molecule has 72 valence electrons. The summed E-state index contributed by atoms with van der Waals surface area (Å²) < 4.78 is 35.4. The second kappa shape index (κ2) is 7.19. The van der Waals surface area contributed by atoms with E-state index in [1.165, 1.54) is 6.92 Å². The van der Waals surface area contributed by atoms with Gasteiger partial charge in [0.05, 0.1) is 6.67 Å². The van der Waals surface area contributed by atoms with Crippen LogP contribution in [0.3, 0.4) is 0 Å². The molecule has 0 saturated heterocycles. The molecule has 1 unspecified atom stereocenters. The molecule has 0 aliphatic carbocycles. The maximum absolute atomic E-state index is 11.9. The molecule has 0 aromatic heterocycles. The van der Waals surface area contributed by atoms with Crippen molar-refractivity contribution >= 4 is 0 Å². The van der Waals surface area contributed by atoms with Crippen molar-refractivity contribution in [2.24, 2.45) is 5.92 Å². The molecular weight excluding hydrogens is 165 g/mol. The van der Waals surface area contributed by atoms with E-state index >= 15 is 0 Å². The highest BCUT2D eigenvalue weighted by Crippen LogP contribution is 2.13. The van der Waals surface area contributed by atoms with E-state index in [2.05, 4.69) is 0 Å². The van der Waals surface area contributed by atoms with E-state index in [9.17, 15) is 13.2 Å². The van der Waals surface area contributed by atoms with Crippen molar-refractivity contribution in [1.29, 1.82) is 0 Å². The average Bonchev–Trinajstić information content (AvgIpc) is 2.03. The molecule has 0 nitrogen and oxygen atoms in total. The Morgan fingerprint density at radius 1 is 1.25 bits per heavy atom. The normalized spacial score (nSPS) is 14.4. The third-order valence-corrected chi connectivity index (χ3v) is 1.61. The quantitative estimate of drug-likeness (QED) is 0.433. The monoisotopic (exact) mass is 180 g/mol. The van der Waals surface area contributed by atoms with Crippen LogP contribution in [0.5, 0.6) is 0 Å². The van der Waals surface area contributed by atoms with Crippen molar-refractivity contribution in [3.8, 4) is 0 Å². The molecule has 0 radical (unpaired) electrons. The fourth-order valence-electron chi connectivity index (χ4n) is 0.727. The van der Waals surface area contributed by atoms with Crippen LogP contribution < -0.4 is 0 Å². The van der Waals surface area contributed by atoms with Gasteiger partial charge >= 0.3 is 0 Å². The fraction of sp³-hybridized carbons (Fsp3) is 0.778. The zero-order valence-corrected chi connectivity index (χ0v) is 7.27. The van der Waals surface area contributed by atoms with E-state index in [1.54, 1.807) is 12.2 Å². The molecule has 12 heavy (non-hydrogen) atoms. The Kier molecular flexibility index (Phi) is 6.91. The van der Waals surface area contributed by atoms with Crippen LogP contribution in [0.1, 0.15) is 26.2 Å². The van der Waals surface area contributed by atoms with E-state index in [0.29, 0.717) is 19.3 Å². The minimum atomic E-state index is -2.25. The van der Waals surface area contributed by atoms with Crippen molar-refractivity contribution in [2.75, 3.05) is 6.67 Å². The summed E-state index contributed by atoms with van der Waals surface area (Å²) in [6.07, 6.45) is 2.72. The molecule has 0 bridgehead atoms. The molecule has 0 aliphatic heterocycles. The number of allylic oxidation sites excluding steroid dienone is 2. The number of halogens is 3. The first-order valence-electron chi connectivity index (χ1n) is 4.17. The van der Waals surface area contributed by atoms with Gasteiger partial charge in [-0.3, -0.25) is 4.39 Å². The predicted octanol–water partition coefficient (Wildman–Crippen LogP) is 3.58. The lowest BCUT2D eigenvalue weighted by atomic mass is 10.1. The average molecular weight is 180 g/mol. The SMILES string of the molecule is CC(CC=CCCCF)C(F)F. The van der Waals surface area contributed by atoms with E-state index < -0.39 is 12.3 Å². The van der Waals surface area contributed by atoms with Crippen LogP contribution in [0, 0.1) is 5.92 Å². The highest BCUT2D eigenvalue weighted by Gasteiger charge is 2.11. The first kappa shape index (κ1) is 11.5. The van der Waals surface area contributed by atoms with Gasteiger partial charge in [-0.15, -0.1) is 0 Å². The first-order valence-corrected chi connectivity index (χ1v) is 4.17.